The van der Waals surface area contributed by atoms with E-state index in [9.17, 15) is 17.6 Å². The van der Waals surface area contributed by atoms with Crippen molar-refractivity contribution in [3.63, 3.8) is 0 Å². The van der Waals surface area contributed by atoms with Crippen molar-refractivity contribution in [2.24, 2.45) is 7.05 Å². The van der Waals surface area contributed by atoms with Crippen LogP contribution in [0.4, 0.5) is 4.39 Å². The lowest BCUT2D eigenvalue weighted by Gasteiger charge is -2.04. The summed E-state index contributed by atoms with van der Waals surface area (Å²) in [5.74, 6) is 0.153. The van der Waals surface area contributed by atoms with Gasteiger partial charge in [0.25, 0.3) is 0 Å². The van der Waals surface area contributed by atoms with E-state index in [1.165, 1.54) is 37.4 Å². The van der Waals surface area contributed by atoms with Gasteiger partial charge in [0.15, 0.2) is 0 Å². The summed E-state index contributed by atoms with van der Waals surface area (Å²) < 4.78 is 40.8. The number of hydrogen-bond donors (Lipinski definition) is 2. The van der Waals surface area contributed by atoms with Crippen molar-refractivity contribution in [1.82, 2.24) is 19.6 Å². The molecule has 0 saturated heterocycles. The van der Waals surface area contributed by atoms with E-state index in [-0.39, 0.29) is 16.6 Å². The molecule has 0 bridgehead atoms. The van der Waals surface area contributed by atoms with Crippen LogP contribution in [0.1, 0.15) is 11.4 Å². The number of sulfonamides is 1. The molecule has 1 aromatic heterocycles. The van der Waals surface area contributed by atoms with Crippen molar-refractivity contribution in [3.8, 4) is 0 Å². The van der Waals surface area contributed by atoms with Gasteiger partial charge in [0.1, 0.15) is 11.6 Å². The topological polar surface area (TPSA) is 93.1 Å². The van der Waals surface area contributed by atoms with Crippen LogP contribution in [0.5, 0.6) is 0 Å². The average molecular weight is 416 g/mol. The molecule has 1 heterocycles. The Morgan fingerprint density at radius 1 is 1.21 bits per heavy atom. The van der Waals surface area contributed by atoms with Crippen LogP contribution in [-0.2, 0) is 28.3 Å². The molecule has 2 aromatic carbocycles. The van der Waals surface area contributed by atoms with Crippen molar-refractivity contribution < 1.29 is 17.6 Å². The summed E-state index contributed by atoms with van der Waals surface area (Å²) in [6.45, 7) is 0.377. The highest BCUT2D eigenvalue weighted by Gasteiger charge is 2.10. The van der Waals surface area contributed by atoms with Crippen LogP contribution in [0.2, 0.25) is 0 Å². The van der Waals surface area contributed by atoms with Gasteiger partial charge in [-0.25, -0.2) is 22.5 Å². The summed E-state index contributed by atoms with van der Waals surface area (Å²) in [4.78, 5) is 16.6. The summed E-state index contributed by atoms with van der Waals surface area (Å²) >= 11 is 0. The van der Waals surface area contributed by atoms with Gasteiger partial charge < -0.3 is 9.88 Å². The molecule has 0 atom stereocenters. The lowest BCUT2D eigenvalue weighted by molar-refractivity contribution is -0.116. The molecule has 152 valence electrons. The van der Waals surface area contributed by atoms with Gasteiger partial charge >= 0.3 is 0 Å². The van der Waals surface area contributed by atoms with Gasteiger partial charge in [0.05, 0.1) is 15.9 Å². The molecular weight excluding hydrogens is 395 g/mol. The number of imidazole rings is 1. The molecule has 3 aromatic rings. The molecule has 0 saturated carbocycles. The van der Waals surface area contributed by atoms with Crippen LogP contribution in [0, 0.1) is 5.82 Å². The van der Waals surface area contributed by atoms with Crippen LogP contribution in [0.3, 0.4) is 0 Å². The van der Waals surface area contributed by atoms with E-state index in [1.54, 1.807) is 28.8 Å². The first-order valence-electron chi connectivity index (χ1n) is 8.90. The molecule has 0 aliphatic carbocycles. The Balaban J connectivity index is 1.56. The van der Waals surface area contributed by atoms with Gasteiger partial charge in [0, 0.05) is 26.1 Å². The monoisotopic (exact) mass is 416 g/mol. The van der Waals surface area contributed by atoms with Crippen molar-refractivity contribution in [1.29, 1.82) is 0 Å². The Hall–Kier alpha value is -3.04. The molecule has 7 nitrogen and oxygen atoms in total. The minimum atomic E-state index is -3.48. The molecule has 0 aliphatic rings. The smallest absolute Gasteiger partial charge is 0.244 e. The Labute approximate surface area is 168 Å². The van der Waals surface area contributed by atoms with E-state index < -0.39 is 10.0 Å². The first-order chi connectivity index (χ1) is 13.8. The molecule has 0 radical (unpaired) electrons. The summed E-state index contributed by atoms with van der Waals surface area (Å²) in [7, 11) is -0.327. The number of nitrogens with one attached hydrogen (secondary N) is 2. The predicted octanol–water partition coefficient (Wildman–Crippen LogP) is 1.99. The van der Waals surface area contributed by atoms with Gasteiger partial charge in [0.2, 0.25) is 15.9 Å². The molecule has 29 heavy (non-hydrogen) atoms. The Bertz CT molecular complexity index is 1170. The number of aryl methyl sites for hydroxylation is 1. The number of carbonyl (C=O) groups excluding carboxylic acids is 1. The van der Waals surface area contributed by atoms with Gasteiger partial charge in [-0.3, -0.25) is 4.79 Å². The van der Waals surface area contributed by atoms with Crippen molar-refractivity contribution in [2.45, 2.75) is 11.3 Å². The maximum absolute atomic E-state index is 13.4. The minimum Gasteiger partial charge on any atom is -0.352 e. The van der Waals surface area contributed by atoms with E-state index in [1.807, 2.05) is 7.05 Å². The fourth-order valence-electron chi connectivity index (χ4n) is 2.84. The highest BCUT2D eigenvalue weighted by Crippen LogP contribution is 2.16. The molecular formula is C20H21FN4O3S. The summed E-state index contributed by atoms with van der Waals surface area (Å²) in [6, 6.07) is 10.6. The first kappa shape index (κ1) is 20.7. The Morgan fingerprint density at radius 2 is 1.93 bits per heavy atom. The van der Waals surface area contributed by atoms with Crippen LogP contribution >= 0.6 is 0 Å². The molecule has 2 N–H and O–H groups in total. The number of fused-ring (bicyclic) bond motifs is 1. The van der Waals surface area contributed by atoms with E-state index in [0.717, 1.165) is 5.82 Å². The SMILES string of the molecule is CNS(=O)(=O)c1ccc(C=CC(=O)NCCc2nc3ccc(F)cc3n2C)cc1. The van der Waals surface area contributed by atoms with E-state index >= 15 is 0 Å². The van der Waals surface area contributed by atoms with E-state index in [2.05, 4.69) is 15.0 Å². The maximum atomic E-state index is 13.4. The van der Waals surface area contributed by atoms with E-state index in [0.29, 0.717) is 29.6 Å². The van der Waals surface area contributed by atoms with Gasteiger partial charge in [-0.15, -0.1) is 0 Å². The zero-order valence-electron chi connectivity index (χ0n) is 16.0. The highest BCUT2D eigenvalue weighted by atomic mass is 32.2. The first-order valence-corrected chi connectivity index (χ1v) is 10.4. The quantitative estimate of drug-likeness (QED) is 0.576. The Kier molecular flexibility index (Phi) is 6.09. The Morgan fingerprint density at radius 3 is 2.62 bits per heavy atom. The second kappa shape index (κ2) is 8.54. The zero-order valence-corrected chi connectivity index (χ0v) is 16.8. The lowest BCUT2D eigenvalue weighted by Crippen LogP contribution is -2.24. The number of nitrogens with zero attached hydrogens (tertiary/aromatic N) is 2. The van der Waals surface area contributed by atoms with Crippen LogP contribution in [-0.4, -0.2) is 37.5 Å². The molecule has 0 spiro atoms. The largest absolute Gasteiger partial charge is 0.352 e. The van der Waals surface area contributed by atoms with Crippen molar-refractivity contribution >= 4 is 33.0 Å². The number of hydrogen-bond acceptors (Lipinski definition) is 4. The zero-order chi connectivity index (χ0) is 21.0. The fraction of sp³-hybridized carbons (Fsp3) is 0.200. The van der Waals surface area contributed by atoms with Crippen molar-refractivity contribution in [3.05, 3.63) is 65.7 Å². The number of rotatable bonds is 7. The average Bonchev–Trinajstić information content (AvgIpc) is 3.02. The molecule has 3 rings (SSSR count). The summed E-state index contributed by atoms with van der Waals surface area (Å²) in [6.07, 6.45) is 3.48. The third-order valence-corrected chi connectivity index (χ3v) is 5.90. The highest BCUT2D eigenvalue weighted by molar-refractivity contribution is 7.89. The molecule has 9 heteroatoms. The molecule has 1 amide bonds. The maximum Gasteiger partial charge on any atom is 0.244 e. The fourth-order valence-corrected chi connectivity index (χ4v) is 3.57. The lowest BCUT2D eigenvalue weighted by atomic mass is 10.2. The summed E-state index contributed by atoms with van der Waals surface area (Å²) in [5, 5.41) is 2.77. The number of aromatic nitrogens is 2. The third kappa shape index (κ3) is 4.87. The number of halogens is 1. The third-order valence-electron chi connectivity index (χ3n) is 4.47. The summed E-state index contributed by atoms with van der Waals surface area (Å²) in [5.41, 5.74) is 2.11. The van der Waals surface area contributed by atoms with Crippen LogP contribution in [0.25, 0.3) is 17.1 Å². The molecule has 0 fully saturated rings. The van der Waals surface area contributed by atoms with Crippen LogP contribution in [0.15, 0.2) is 53.4 Å². The van der Waals surface area contributed by atoms with E-state index in [4.69, 9.17) is 0 Å². The van der Waals surface area contributed by atoms with Crippen LogP contribution < -0.4 is 10.0 Å². The second-order valence-corrected chi connectivity index (χ2v) is 8.26. The second-order valence-electron chi connectivity index (χ2n) is 6.37. The minimum absolute atomic E-state index is 0.156. The number of amides is 1. The predicted molar refractivity (Wildman–Crippen MR) is 109 cm³/mol. The number of benzene rings is 2. The van der Waals surface area contributed by atoms with Gasteiger partial charge in [-0.2, -0.15) is 0 Å². The van der Waals surface area contributed by atoms with Crippen molar-refractivity contribution in [2.75, 3.05) is 13.6 Å². The normalized spacial score (nSPS) is 12.0. The number of carbonyl (C=O) groups is 1. The molecule has 0 unspecified atom stereocenters. The standard InChI is InChI=1S/C20H21FN4O3S/c1-22-29(27,28)16-7-3-14(4-8-16)5-10-20(26)23-12-11-19-24-17-9-6-15(21)13-18(17)25(19)2/h3-10,13,22H,11-12H2,1-2H3,(H,23,26). The molecule has 0 aliphatic heterocycles. The van der Waals surface area contributed by atoms with Gasteiger partial charge in [-0.05, 0) is 49.0 Å². The van der Waals surface area contributed by atoms with Gasteiger partial charge in [-0.1, -0.05) is 12.1 Å².